The molecule has 5 nitrogen and oxygen atoms in total. The molecule has 0 fully saturated rings. The molecule has 2 aromatic heterocycles. The summed E-state index contributed by atoms with van der Waals surface area (Å²) in [4.78, 5) is 0. The minimum absolute atomic E-state index is 0.374. The lowest BCUT2D eigenvalue weighted by atomic mass is 9.86. The largest absolute Gasteiger partial charge is 0.456 e. The second-order valence-electron chi connectivity index (χ2n) is 10.7. The molecular formula is C39H19N3O2. The zero-order chi connectivity index (χ0) is 29.8. The fourth-order valence-electron chi connectivity index (χ4n) is 6.12. The van der Waals surface area contributed by atoms with Gasteiger partial charge in [0.15, 0.2) is 0 Å². The van der Waals surface area contributed by atoms with E-state index in [1.807, 2.05) is 97.1 Å². The molecule has 0 atom stereocenters. The Balaban J connectivity index is 1.39. The summed E-state index contributed by atoms with van der Waals surface area (Å²) in [6, 6.07) is 43.5. The number of hydrogen-bond donors (Lipinski definition) is 0. The first-order chi connectivity index (χ1) is 21.6. The maximum atomic E-state index is 10.4. The van der Waals surface area contributed by atoms with E-state index in [9.17, 15) is 15.8 Å². The number of hydrogen-bond acceptors (Lipinski definition) is 5. The number of nitriles is 3. The van der Waals surface area contributed by atoms with Crippen LogP contribution in [0.1, 0.15) is 16.7 Å². The maximum absolute atomic E-state index is 10.4. The number of fused-ring (bicyclic) bond motifs is 6. The molecule has 0 aliphatic rings. The normalized spacial score (nSPS) is 11.1. The van der Waals surface area contributed by atoms with E-state index >= 15 is 0 Å². The fraction of sp³-hybridized carbons (Fsp3) is 0. The standard InChI is InChI=1S/C39H19N3O2/c40-20-23-9-12-28(26(15-23)21-41)35-19-33(24-10-13-31-29-5-1-3-7-36(29)43-38(31)17-24)27(22-42)16-34(35)25-11-14-32-30-6-2-4-8-37(30)44-39(32)18-25/h1-19H. The van der Waals surface area contributed by atoms with Gasteiger partial charge in [0.2, 0.25) is 0 Å². The molecule has 44 heavy (non-hydrogen) atoms. The molecule has 0 aliphatic heterocycles. The van der Waals surface area contributed by atoms with Crippen LogP contribution in [0, 0.1) is 34.0 Å². The van der Waals surface area contributed by atoms with Crippen LogP contribution in [0.5, 0.6) is 0 Å². The van der Waals surface area contributed by atoms with E-state index in [1.165, 1.54) is 0 Å². The predicted molar refractivity (Wildman–Crippen MR) is 171 cm³/mol. The fourth-order valence-corrected chi connectivity index (χ4v) is 6.12. The minimum Gasteiger partial charge on any atom is -0.456 e. The van der Waals surface area contributed by atoms with Crippen LogP contribution in [0.2, 0.25) is 0 Å². The maximum Gasteiger partial charge on any atom is 0.136 e. The summed E-state index contributed by atoms with van der Waals surface area (Å²) >= 11 is 0. The van der Waals surface area contributed by atoms with Gasteiger partial charge in [-0.1, -0.05) is 54.6 Å². The first-order valence-electron chi connectivity index (χ1n) is 14.0. The van der Waals surface area contributed by atoms with Crippen molar-refractivity contribution >= 4 is 43.9 Å². The van der Waals surface area contributed by atoms with Gasteiger partial charge < -0.3 is 8.83 Å². The molecule has 2 heterocycles. The van der Waals surface area contributed by atoms with Gasteiger partial charge in [-0.15, -0.1) is 0 Å². The first-order valence-corrected chi connectivity index (χ1v) is 14.0. The van der Waals surface area contributed by atoms with Crippen LogP contribution in [0.3, 0.4) is 0 Å². The van der Waals surface area contributed by atoms with Gasteiger partial charge in [-0.25, -0.2) is 0 Å². The van der Waals surface area contributed by atoms with Crippen LogP contribution in [-0.4, -0.2) is 0 Å². The highest BCUT2D eigenvalue weighted by molar-refractivity contribution is 6.07. The van der Waals surface area contributed by atoms with Gasteiger partial charge in [0.25, 0.3) is 0 Å². The lowest BCUT2D eigenvalue weighted by Crippen LogP contribution is -1.94. The van der Waals surface area contributed by atoms with E-state index in [0.29, 0.717) is 27.8 Å². The average molecular weight is 562 g/mol. The van der Waals surface area contributed by atoms with E-state index in [-0.39, 0.29) is 0 Å². The van der Waals surface area contributed by atoms with Crippen LogP contribution in [0.25, 0.3) is 77.3 Å². The van der Waals surface area contributed by atoms with Crippen molar-refractivity contribution in [3.05, 3.63) is 132 Å². The Hall–Kier alpha value is -6.61. The smallest absolute Gasteiger partial charge is 0.136 e. The van der Waals surface area contributed by atoms with Gasteiger partial charge in [-0.2, -0.15) is 15.8 Å². The van der Waals surface area contributed by atoms with E-state index in [0.717, 1.165) is 66.1 Å². The van der Waals surface area contributed by atoms with Crippen LogP contribution >= 0.6 is 0 Å². The van der Waals surface area contributed by atoms with Crippen molar-refractivity contribution < 1.29 is 8.83 Å². The molecule has 202 valence electrons. The van der Waals surface area contributed by atoms with Crippen molar-refractivity contribution in [1.29, 1.82) is 15.8 Å². The summed E-state index contributed by atoms with van der Waals surface area (Å²) in [6.45, 7) is 0. The monoisotopic (exact) mass is 561 g/mol. The second kappa shape index (κ2) is 9.74. The Labute approximate surface area is 251 Å². The predicted octanol–water partition coefficient (Wildman–Crippen LogP) is 10.1. The molecule has 0 radical (unpaired) electrons. The van der Waals surface area contributed by atoms with Crippen molar-refractivity contribution in [2.75, 3.05) is 0 Å². The lowest BCUT2D eigenvalue weighted by molar-refractivity contribution is 0.668. The highest BCUT2D eigenvalue weighted by atomic mass is 16.3. The molecule has 6 aromatic carbocycles. The van der Waals surface area contributed by atoms with E-state index < -0.39 is 0 Å². The summed E-state index contributed by atoms with van der Waals surface area (Å²) < 4.78 is 12.3. The molecule has 0 aliphatic carbocycles. The third-order valence-corrected chi connectivity index (χ3v) is 8.22. The Morgan fingerprint density at radius 3 is 1.52 bits per heavy atom. The average Bonchev–Trinajstić information content (AvgIpc) is 3.64. The summed E-state index contributed by atoms with van der Waals surface area (Å²) in [5.74, 6) is 0. The molecule has 8 rings (SSSR count). The van der Waals surface area contributed by atoms with Gasteiger partial charge >= 0.3 is 0 Å². The third kappa shape index (κ3) is 3.84. The zero-order valence-electron chi connectivity index (χ0n) is 23.1. The minimum atomic E-state index is 0.374. The van der Waals surface area contributed by atoms with Crippen molar-refractivity contribution in [2.24, 2.45) is 0 Å². The van der Waals surface area contributed by atoms with Crippen molar-refractivity contribution in [3.8, 4) is 51.6 Å². The van der Waals surface area contributed by atoms with Crippen molar-refractivity contribution in [3.63, 3.8) is 0 Å². The molecule has 0 N–H and O–H groups in total. The summed E-state index contributed by atoms with van der Waals surface area (Å²) in [7, 11) is 0. The molecule has 8 aromatic rings. The molecular weight excluding hydrogens is 542 g/mol. The Kier molecular flexibility index (Phi) is 5.56. The van der Waals surface area contributed by atoms with Gasteiger partial charge in [0, 0.05) is 32.7 Å². The van der Waals surface area contributed by atoms with Crippen molar-refractivity contribution in [1.82, 2.24) is 0 Å². The van der Waals surface area contributed by atoms with Crippen LogP contribution in [0.4, 0.5) is 0 Å². The molecule has 0 amide bonds. The van der Waals surface area contributed by atoms with E-state index in [4.69, 9.17) is 8.83 Å². The Bertz CT molecular complexity index is 2600. The molecule has 0 unspecified atom stereocenters. The highest BCUT2D eigenvalue weighted by Gasteiger charge is 2.19. The summed E-state index contributed by atoms with van der Waals surface area (Å²) in [5, 5.41) is 34.1. The van der Waals surface area contributed by atoms with E-state index in [2.05, 4.69) is 18.2 Å². The topological polar surface area (TPSA) is 97.7 Å². The summed E-state index contributed by atoms with van der Waals surface area (Å²) in [6.07, 6.45) is 0. The first kappa shape index (κ1) is 25.1. The second-order valence-corrected chi connectivity index (χ2v) is 10.7. The van der Waals surface area contributed by atoms with Crippen LogP contribution in [0.15, 0.2) is 124 Å². The molecule has 0 spiro atoms. The quantitative estimate of drug-likeness (QED) is 0.214. The van der Waals surface area contributed by atoms with Gasteiger partial charge in [0.05, 0.1) is 34.9 Å². The van der Waals surface area contributed by atoms with Crippen LogP contribution in [-0.2, 0) is 0 Å². The Morgan fingerprint density at radius 2 is 0.932 bits per heavy atom. The highest BCUT2D eigenvalue weighted by Crippen LogP contribution is 2.42. The zero-order valence-corrected chi connectivity index (χ0v) is 23.1. The van der Waals surface area contributed by atoms with Gasteiger partial charge in [-0.05, 0) is 82.9 Å². The van der Waals surface area contributed by atoms with Gasteiger partial charge in [0.1, 0.15) is 22.3 Å². The van der Waals surface area contributed by atoms with Crippen molar-refractivity contribution in [2.45, 2.75) is 0 Å². The number of para-hydroxylation sites is 2. The molecule has 0 saturated carbocycles. The number of rotatable bonds is 3. The molecule has 0 saturated heterocycles. The number of nitrogens with zero attached hydrogens (tertiary/aromatic N) is 3. The summed E-state index contributed by atoms with van der Waals surface area (Å²) in [5.41, 5.74) is 8.90. The van der Waals surface area contributed by atoms with Gasteiger partial charge in [-0.3, -0.25) is 0 Å². The van der Waals surface area contributed by atoms with Crippen LogP contribution < -0.4 is 0 Å². The molecule has 5 heteroatoms. The number of benzene rings is 6. The number of furan rings is 2. The molecule has 0 bridgehead atoms. The third-order valence-electron chi connectivity index (χ3n) is 8.22. The SMILES string of the molecule is N#Cc1ccc(-c2cc(-c3ccc4c(c3)oc3ccccc34)c(C#N)cc2-c2ccc3c(c2)oc2ccccc23)c(C#N)c1. The lowest BCUT2D eigenvalue weighted by Gasteiger charge is -2.16. The Morgan fingerprint density at radius 1 is 0.386 bits per heavy atom. The van der Waals surface area contributed by atoms with E-state index in [1.54, 1.807) is 18.2 Å².